The van der Waals surface area contributed by atoms with Crippen molar-refractivity contribution in [1.29, 1.82) is 0 Å². The number of nitrogens with one attached hydrogen (secondary N) is 2. The van der Waals surface area contributed by atoms with Gasteiger partial charge in [-0.3, -0.25) is 9.59 Å². The summed E-state index contributed by atoms with van der Waals surface area (Å²) in [7, 11) is 0. The van der Waals surface area contributed by atoms with Gasteiger partial charge < -0.3 is 10.6 Å². The second-order valence-corrected chi connectivity index (χ2v) is 8.38. The van der Waals surface area contributed by atoms with Crippen molar-refractivity contribution in [2.75, 3.05) is 10.6 Å². The van der Waals surface area contributed by atoms with Crippen LogP contribution in [0.15, 0.2) is 77.7 Å². The molecule has 0 heterocycles. The minimum absolute atomic E-state index is 0.0457. The third-order valence-corrected chi connectivity index (χ3v) is 5.51. The summed E-state index contributed by atoms with van der Waals surface area (Å²) in [4.78, 5) is 25.7. The highest BCUT2D eigenvalue weighted by Gasteiger charge is 2.15. The molecular formula is C24H24N2O2S. The summed E-state index contributed by atoms with van der Waals surface area (Å²) in [5.41, 5.74) is 4.34. The van der Waals surface area contributed by atoms with E-state index in [1.54, 1.807) is 6.07 Å². The van der Waals surface area contributed by atoms with Crippen molar-refractivity contribution >= 4 is 35.0 Å². The van der Waals surface area contributed by atoms with E-state index in [-0.39, 0.29) is 17.1 Å². The third-order valence-electron chi connectivity index (χ3n) is 4.39. The van der Waals surface area contributed by atoms with E-state index in [0.717, 1.165) is 27.4 Å². The molecule has 29 heavy (non-hydrogen) atoms. The Morgan fingerprint density at radius 2 is 1.41 bits per heavy atom. The van der Waals surface area contributed by atoms with Gasteiger partial charge in [-0.2, -0.15) is 0 Å². The minimum atomic E-state index is -0.246. The second-order valence-electron chi connectivity index (χ2n) is 6.96. The fourth-order valence-electron chi connectivity index (χ4n) is 2.74. The maximum atomic E-state index is 12.4. The molecule has 1 unspecified atom stereocenters. The molecule has 0 saturated heterocycles. The predicted molar refractivity (Wildman–Crippen MR) is 121 cm³/mol. The number of aryl methyl sites for hydroxylation is 2. The molecule has 0 aromatic heterocycles. The van der Waals surface area contributed by atoms with Gasteiger partial charge in [0.1, 0.15) is 0 Å². The Balaban J connectivity index is 1.56. The van der Waals surface area contributed by atoms with E-state index in [0.29, 0.717) is 5.56 Å². The average molecular weight is 405 g/mol. The molecule has 5 heteroatoms. The summed E-state index contributed by atoms with van der Waals surface area (Å²) >= 11 is 1.48. The van der Waals surface area contributed by atoms with E-state index < -0.39 is 0 Å². The molecule has 2 N–H and O–H groups in total. The number of carbonyl (C=O) groups excluding carboxylic acids is 2. The summed E-state index contributed by atoms with van der Waals surface area (Å²) < 4.78 is 0. The van der Waals surface area contributed by atoms with E-state index in [1.165, 1.54) is 11.8 Å². The number of hydrogen-bond donors (Lipinski definition) is 2. The maximum absolute atomic E-state index is 12.4. The average Bonchev–Trinajstić information content (AvgIpc) is 2.71. The SMILES string of the molecule is Cc1ccc(NC(=O)C(C)Sc2ccc(NC(=O)c3cccc(C)c3)cc2)cc1. The van der Waals surface area contributed by atoms with Gasteiger partial charge in [0.25, 0.3) is 5.91 Å². The Morgan fingerprint density at radius 3 is 2.07 bits per heavy atom. The molecule has 0 spiro atoms. The van der Waals surface area contributed by atoms with Crippen LogP contribution in [0.25, 0.3) is 0 Å². The van der Waals surface area contributed by atoms with Crippen LogP contribution in [0.5, 0.6) is 0 Å². The summed E-state index contributed by atoms with van der Waals surface area (Å²) in [5, 5.41) is 5.58. The first-order chi connectivity index (χ1) is 13.9. The van der Waals surface area contributed by atoms with Crippen LogP contribution in [0, 0.1) is 13.8 Å². The molecule has 0 aliphatic heterocycles. The van der Waals surface area contributed by atoms with E-state index in [9.17, 15) is 9.59 Å². The first-order valence-corrected chi connectivity index (χ1v) is 10.3. The lowest BCUT2D eigenvalue weighted by atomic mass is 10.1. The third kappa shape index (κ3) is 5.96. The van der Waals surface area contributed by atoms with Crippen molar-refractivity contribution < 1.29 is 9.59 Å². The molecule has 0 saturated carbocycles. The molecule has 0 fully saturated rings. The molecule has 0 aliphatic carbocycles. The normalized spacial score (nSPS) is 11.6. The van der Waals surface area contributed by atoms with Gasteiger partial charge in [-0.25, -0.2) is 0 Å². The molecule has 3 rings (SSSR count). The number of amides is 2. The molecule has 0 radical (unpaired) electrons. The monoisotopic (exact) mass is 404 g/mol. The Morgan fingerprint density at radius 1 is 0.793 bits per heavy atom. The number of rotatable bonds is 6. The first kappa shape index (κ1) is 20.7. The van der Waals surface area contributed by atoms with Gasteiger partial charge >= 0.3 is 0 Å². The van der Waals surface area contributed by atoms with Crippen molar-refractivity contribution in [3.63, 3.8) is 0 Å². The number of benzene rings is 3. The Bertz CT molecular complexity index is 998. The molecule has 0 bridgehead atoms. The van der Waals surface area contributed by atoms with Crippen LogP contribution in [0.4, 0.5) is 11.4 Å². The van der Waals surface area contributed by atoms with Gasteiger partial charge in [0.05, 0.1) is 5.25 Å². The van der Waals surface area contributed by atoms with Gasteiger partial charge in [0.15, 0.2) is 0 Å². The zero-order valence-corrected chi connectivity index (χ0v) is 17.5. The van der Waals surface area contributed by atoms with Crippen molar-refractivity contribution in [1.82, 2.24) is 0 Å². The largest absolute Gasteiger partial charge is 0.325 e. The van der Waals surface area contributed by atoms with Crippen molar-refractivity contribution in [2.45, 2.75) is 30.9 Å². The number of thioether (sulfide) groups is 1. The highest BCUT2D eigenvalue weighted by atomic mass is 32.2. The van der Waals surface area contributed by atoms with Gasteiger partial charge in [0.2, 0.25) is 5.91 Å². The summed E-state index contributed by atoms with van der Waals surface area (Å²) in [5.74, 6) is -0.185. The topological polar surface area (TPSA) is 58.2 Å². The van der Waals surface area contributed by atoms with E-state index in [1.807, 2.05) is 87.5 Å². The van der Waals surface area contributed by atoms with Crippen LogP contribution in [0.1, 0.15) is 28.4 Å². The smallest absolute Gasteiger partial charge is 0.255 e. The molecule has 0 aliphatic rings. The van der Waals surface area contributed by atoms with E-state index >= 15 is 0 Å². The number of hydrogen-bond acceptors (Lipinski definition) is 3. The number of carbonyl (C=O) groups is 2. The fourth-order valence-corrected chi connectivity index (χ4v) is 3.61. The fraction of sp³-hybridized carbons (Fsp3) is 0.167. The van der Waals surface area contributed by atoms with Crippen LogP contribution in [-0.2, 0) is 4.79 Å². The van der Waals surface area contributed by atoms with Crippen LogP contribution in [0.3, 0.4) is 0 Å². The van der Waals surface area contributed by atoms with Crippen LogP contribution < -0.4 is 10.6 Å². The Hall–Kier alpha value is -3.05. The molecule has 3 aromatic rings. The minimum Gasteiger partial charge on any atom is -0.325 e. The first-order valence-electron chi connectivity index (χ1n) is 9.43. The maximum Gasteiger partial charge on any atom is 0.255 e. The molecule has 2 amide bonds. The molecule has 3 aromatic carbocycles. The highest BCUT2D eigenvalue weighted by Crippen LogP contribution is 2.26. The van der Waals surface area contributed by atoms with E-state index in [4.69, 9.17) is 0 Å². The van der Waals surface area contributed by atoms with Crippen molar-refractivity contribution in [2.24, 2.45) is 0 Å². The Kier molecular flexibility index (Phi) is 6.73. The summed E-state index contributed by atoms with van der Waals surface area (Å²) in [6.45, 7) is 5.84. The standard InChI is InChI=1S/C24H24N2O2S/c1-16-7-9-20(10-8-16)25-23(27)18(3)29-22-13-11-21(12-14-22)26-24(28)19-6-4-5-17(2)15-19/h4-15,18H,1-3H3,(H,25,27)(H,26,28). The predicted octanol–water partition coefficient (Wildman–Crippen LogP) is 5.68. The van der Waals surface area contributed by atoms with Gasteiger partial charge in [-0.05, 0) is 69.3 Å². The number of anilines is 2. The molecule has 1 atom stereocenters. The quantitative estimate of drug-likeness (QED) is 0.520. The van der Waals surface area contributed by atoms with Gasteiger partial charge in [0, 0.05) is 21.8 Å². The molecular weight excluding hydrogens is 380 g/mol. The van der Waals surface area contributed by atoms with Gasteiger partial charge in [-0.15, -0.1) is 11.8 Å². The van der Waals surface area contributed by atoms with Crippen molar-refractivity contribution in [3.8, 4) is 0 Å². The Labute approximate surface area is 175 Å². The molecule has 4 nitrogen and oxygen atoms in total. The van der Waals surface area contributed by atoms with Crippen molar-refractivity contribution in [3.05, 3.63) is 89.5 Å². The highest BCUT2D eigenvalue weighted by molar-refractivity contribution is 8.00. The lowest BCUT2D eigenvalue weighted by Crippen LogP contribution is -2.22. The zero-order valence-electron chi connectivity index (χ0n) is 16.7. The summed E-state index contributed by atoms with van der Waals surface area (Å²) in [6.07, 6.45) is 0. The lowest BCUT2D eigenvalue weighted by Gasteiger charge is -2.13. The lowest BCUT2D eigenvalue weighted by molar-refractivity contribution is -0.115. The van der Waals surface area contributed by atoms with Gasteiger partial charge in [-0.1, -0.05) is 35.4 Å². The van der Waals surface area contributed by atoms with Crippen LogP contribution in [-0.4, -0.2) is 17.1 Å². The second kappa shape index (κ2) is 9.43. The van der Waals surface area contributed by atoms with Crippen LogP contribution in [0.2, 0.25) is 0 Å². The summed E-state index contributed by atoms with van der Waals surface area (Å²) in [6, 6.07) is 22.7. The van der Waals surface area contributed by atoms with E-state index in [2.05, 4.69) is 10.6 Å². The molecule has 148 valence electrons. The van der Waals surface area contributed by atoms with Crippen LogP contribution >= 0.6 is 11.8 Å². The zero-order chi connectivity index (χ0) is 20.8.